The molecule has 1 aromatic rings. The van der Waals surface area contributed by atoms with Gasteiger partial charge in [-0.2, -0.15) is 5.26 Å². The molecule has 1 amide bonds. The van der Waals surface area contributed by atoms with Gasteiger partial charge in [0.1, 0.15) is 29.2 Å². The first-order valence-electron chi connectivity index (χ1n) is 7.77. The smallest absolute Gasteiger partial charge is 0.288 e. The van der Waals surface area contributed by atoms with Crippen molar-refractivity contribution in [3.8, 4) is 6.07 Å². The largest absolute Gasteiger partial charge is 0.481 e. The summed E-state index contributed by atoms with van der Waals surface area (Å²) in [6, 6.07) is 10.4. The van der Waals surface area contributed by atoms with Gasteiger partial charge in [0.15, 0.2) is 0 Å². The van der Waals surface area contributed by atoms with Crippen LogP contribution >= 0.6 is 0 Å². The highest BCUT2D eigenvalue weighted by atomic mass is 16.6. The van der Waals surface area contributed by atoms with Crippen molar-refractivity contribution in [2.75, 3.05) is 20.7 Å². The van der Waals surface area contributed by atoms with Crippen LogP contribution in [0, 0.1) is 11.3 Å². The van der Waals surface area contributed by atoms with Gasteiger partial charge in [0, 0.05) is 19.7 Å². The predicted octanol–water partition coefficient (Wildman–Crippen LogP) is 1.71. The van der Waals surface area contributed by atoms with E-state index in [9.17, 15) is 15.2 Å². The summed E-state index contributed by atoms with van der Waals surface area (Å²) < 4.78 is 5.08. The van der Waals surface area contributed by atoms with Crippen molar-refractivity contribution in [2.45, 2.75) is 13.0 Å². The number of hydrogen-bond acceptors (Lipinski definition) is 6. The molecule has 0 saturated carbocycles. The van der Waals surface area contributed by atoms with E-state index in [2.05, 4.69) is 16.4 Å². The van der Waals surface area contributed by atoms with Gasteiger partial charge in [-0.25, -0.2) is 0 Å². The quantitative estimate of drug-likeness (QED) is 0.483. The highest BCUT2D eigenvalue weighted by Gasteiger charge is 2.31. The van der Waals surface area contributed by atoms with Gasteiger partial charge in [-0.05, 0) is 13.0 Å². The molecule has 0 aliphatic carbocycles. The topological polar surface area (TPSA) is 98.0 Å². The van der Waals surface area contributed by atoms with Gasteiger partial charge >= 0.3 is 0 Å². The molecule has 1 atom stereocenters. The Kier molecular flexibility index (Phi) is 5.79. The number of amides is 1. The normalized spacial score (nSPS) is 19.4. The fourth-order valence-electron chi connectivity index (χ4n) is 2.28. The number of carbonyl (C=O) groups excluding carboxylic acids is 1. The van der Waals surface area contributed by atoms with E-state index >= 15 is 0 Å². The monoisotopic (exact) mass is 340 g/mol. The molecule has 1 aromatic carbocycles. The van der Waals surface area contributed by atoms with Crippen LogP contribution < -0.4 is 5.32 Å². The van der Waals surface area contributed by atoms with E-state index in [4.69, 9.17) is 4.74 Å². The molecule has 130 valence electrons. The number of carbonyl (C=O) groups is 1. The van der Waals surface area contributed by atoms with Crippen molar-refractivity contribution in [1.82, 2.24) is 10.2 Å². The van der Waals surface area contributed by atoms with E-state index < -0.39 is 17.9 Å². The lowest BCUT2D eigenvalue weighted by Gasteiger charge is -2.23. The molecule has 1 heterocycles. The Hall–Kier alpha value is -3.27. The SMILES string of the molecule is CCO/C(O)=C1\C(=O)NC(c2ccccc2)=NC1/C=C(/C#N)N(C)C. The summed E-state index contributed by atoms with van der Waals surface area (Å²) >= 11 is 0. The molecule has 1 aliphatic rings. The highest BCUT2D eigenvalue weighted by Crippen LogP contribution is 2.21. The van der Waals surface area contributed by atoms with Gasteiger partial charge in [0.25, 0.3) is 11.9 Å². The number of aliphatic hydroxyl groups is 1. The predicted molar refractivity (Wildman–Crippen MR) is 93.6 cm³/mol. The Balaban J connectivity index is 2.57. The average Bonchev–Trinajstić information content (AvgIpc) is 2.59. The molecule has 2 N–H and O–H groups in total. The van der Waals surface area contributed by atoms with E-state index in [0.717, 1.165) is 5.56 Å². The highest BCUT2D eigenvalue weighted by molar-refractivity contribution is 6.15. The molecule has 0 spiro atoms. The van der Waals surface area contributed by atoms with Crippen molar-refractivity contribution in [1.29, 1.82) is 5.26 Å². The second-order valence-electron chi connectivity index (χ2n) is 5.45. The van der Waals surface area contributed by atoms with Gasteiger partial charge in [-0.15, -0.1) is 0 Å². The minimum atomic E-state index is -0.840. The van der Waals surface area contributed by atoms with Crippen LogP contribution in [-0.2, 0) is 9.53 Å². The molecule has 1 unspecified atom stereocenters. The lowest BCUT2D eigenvalue weighted by atomic mass is 10.0. The van der Waals surface area contributed by atoms with Crippen molar-refractivity contribution in [3.63, 3.8) is 0 Å². The molecule has 0 aromatic heterocycles. The number of allylic oxidation sites excluding steroid dienone is 1. The first kappa shape index (κ1) is 18.1. The summed E-state index contributed by atoms with van der Waals surface area (Å²) in [6.07, 6.45) is 1.52. The first-order valence-corrected chi connectivity index (χ1v) is 7.77. The van der Waals surface area contributed by atoms with Crippen molar-refractivity contribution >= 4 is 11.7 Å². The minimum Gasteiger partial charge on any atom is -0.481 e. The second kappa shape index (κ2) is 8.02. The van der Waals surface area contributed by atoms with Crippen LogP contribution in [0.5, 0.6) is 0 Å². The lowest BCUT2D eigenvalue weighted by molar-refractivity contribution is -0.117. The maximum atomic E-state index is 12.5. The van der Waals surface area contributed by atoms with Crippen LogP contribution in [0.4, 0.5) is 0 Å². The van der Waals surface area contributed by atoms with E-state index in [1.807, 2.05) is 30.3 Å². The molecule has 0 saturated heterocycles. The van der Waals surface area contributed by atoms with Crippen LogP contribution in [0.2, 0.25) is 0 Å². The summed E-state index contributed by atoms with van der Waals surface area (Å²) in [4.78, 5) is 18.6. The third-order valence-corrected chi connectivity index (χ3v) is 3.51. The number of benzene rings is 1. The number of nitrogens with zero attached hydrogens (tertiary/aromatic N) is 3. The van der Waals surface area contributed by atoms with Gasteiger partial charge in [0.2, 0.25) is 0 Å². The van der Waals surface area contributed by atoms with Gasteiger partial charge in [-0.3, -0.25) is 9.79 Å². The van der Waals surface area contributed by atoms with Gasteiger partial charge in [-0.1, -0.05) is 30.3 Å². The number of aliphatic hydroxyl groups excluding tert-OH is 1. The molecular formula is C18H20N4O3. The Morgan fingerprint density at radius 1 is 1.44 bits per heavy atom. The van der Waals surface area contributed by atoms with Crippen LogP contribution in [-0.4, -0.2) is 48.5 Å². The third-order valence-electron chi connectivity index (χ3n) is 3.51. The van der Waals surface area contributed by atoms with E-state index in [1.165, 1.54) is 6.08 Å². The van der Waals surface area contributed by atoms with Gasteiger partial charge in [0.05, 0.1) is 6.61 Å². The third kappa shape index (κ3) is 4.18. The number of amidine groups is 1. The first-order chi connectivity index (χ1) is 12.0. The van der Waals surface area contributed by atoms with E-state index in [-0.39, 0.29) is 12.2 Å². The maximum absolute atomic E-state index is 12.5. The van der Waals surface area contributed by atoms with E-state index in [0.29, 0.717) is 11.5 Å². The molecule has 0 radical (unpaired) electrons. The van der Waals surface area contributed by atoms with Gasteiger partial charge < -0.3 is 20.1 Å². The van der Waals surface area contributed by atoms with Crippen molar-refractivity contribution in [2.24, 2.45) is 4.99 Å². The zero-order chi connectivity index (χ0) is 18.4. The molecule has 25 heavy (non-hydrogen) atoms. The maximum Gasteiger partial charge on any atom is 0.288 e. The Morgan fingerprint density at radius 3 is 2.68 bits per heavy atom. The summed E-state index contributed by atoms with van der Waals surface area (Å²) in [7, 11) is 3.43. The summed E-state index contributed by atoms with van der Waals surface area (Å²) in [5, 5.41) is 22.0. The molecular weight excluding hydrogens is 320 g/mol. The summed E-state index contributed by atoms with van der Waals surface area (Å²) in [5.74, 6) is -0.638. The van der Waals surface area contributed by atoms with Crippen molar-refractivity contribution in [3.05, 3.63) is 59.2 Å². The van der Waals surface area contributed by atoms with E-state index in [1.54, 1.807) is 25.9 Å². The Morgan fingerprint density at radius 2 is 2.12 bits per heavy atom. The fourth-order valence-corrected chi connectivity index (χ4v) is 2.28. The number of ether oxygens (including phenoxy) is 1. The standard InChI is InChI=1S/C18H20N4O3/c1-4-25-18(24)15-14(10-13(11-19)22(2)3)20-16(21-17(15)23)12-8-6-5-7-9-12/h5-10,14,24H,4H2,1-3H3,(H,20,21,23)/b13-10-,18-15-. The van der Waals surface area contributed by atoms with Crippen LogP contribution in [0.1, 0.15) is 12.5 Å². The molecule has 1 aliphatic heterocycles. The number of hydrogen-bond donors (Lipinski definition) is 2. The average molecular weight is 340 g/mol. The minimum absolute atomic E-state index is 0.0314. The van der Waals surface area contributed by atoms with Crippen LogP contribution in [0.3, 0.4) is 0 Å². The molecule has 2 rings (SSSR count). The number of aliphatic imine (C=N–C) groups is 1. The summed E-state index contributed by atoms with van der Waals surface area (Å²) in [6.45, 7) is 1.90. The Bertz CT molecular complexity index is 773. The van der Waals surface area contributed by atoms with Crippen LogP contribution in [0.25, 0.3) is 0 Å². The molecule has 7 nitrogen and oxygen atoms in total. The lowest BCUT2D eigenvalue weighted by Crippen LogP contribution is -2.41. The van der Waals surface area contributed by atoms with Crippen LogP contribution in [0.15, 0.2) is 58.6 Å². The Labute approximate surface area is 146 Å². The van der Waals surface area contributed by atoms with Crippen molar-refractivity contribution < 1.29 is 14.6 Å². The number of nitrogens with one attached hydrogen (secondary N) is 1. The number of rotatable bonds is 5. The zero-order valence-corrected chi connectivity index (χ0v) is 14.4. The molecule has 0 bridgehead atoms. The zero-order valence-electron chi connectivity index (χ0n) is 14.4. The fraction of sp³-hybridized carbons (Fsp3) is 0.278. The second-order valence-corrected chi connectivity index (χ2v) is 5.45. The summed E-state index contributed by atoms with van der Waals surface area (Å²) in [5.41, 5.74) is 1.02. The molecule has 7 heteroatoms. The molecule has 0 fully saturated rings. The number of nitriles is 1.